The van der Waals surface area contributed by atoms with Crippen LogP contribution in [0.2, 0.25) is 0 Å². The summed E-state index contributed by atoms with van der Waals surface area (Å²) >= 11 is 4.19. The quantitative estimate of drug-likeness (QED) is 0.646. The molecular weight excluding hydrogens is 222 g/mol. The second-order valence-corrected chi connectivity index (χ2v) is 3.90. The van der Waals surface area contributed by atoms with Gasteiger partial charge in [0.1, 0.15) is 0 Å². The van der Waals surface area contributed by atoms with Crippen LogP contribution in [0, 0.1) is 18.3 Å². The van der Waals surface area contributed by atoms with E-state index in [0.717, 1.165) is 16.0 Å². The molecule has 0 aliphatic carbocycles. The Labute approximate surface area is 100 Å². The second-order valence-electron chi connectivity index (χ2n) is 3.38. The first-order valence-electron chi connectivity index (χ1n) is 4.96. The summed E-state index contributed by atoms with van der Waals surface area (Å²) < 4.78 is 4.86. The number of benzene rings is 1. The van der Waals surface area contributed by atoms with Crippen molar-refractivity contribution >= 4 is 18.6 Å². The first-order chi connectivity index (χ1) is 7.58. The predicted octanol–water partition coefficient (Wildman–Crippen LogP) is 2.26. The lowest BCUT2D eigenvalue weighted by molar-refractivity contribution is -0.142. The van der Waals surface area contributed by atoms with Crippen molar-refractivity contribution in [2.75, 3.05) is 6.61 Å². The van der Waals surface area contributed by atoms with Crippen molar-refractivity contribution in [1.82, 2.24) is 0 Å². The van der Waals surface area contributed by atoms with Crippen molar-refractivity contribution in [2.24, 2.45) is 0 Å². The molecule has 0 unspecified atom stereocenters. The lowest BCUT2D eigenvalue weighted by atomic mass is 10.00. The van der Waals surface area contributed by atoms with Crippen LogP contribution in [0.25, 0.3) is 0 Å². The maximum Gasteiger partial charge on any atom is 0.310 e. The monoisotopic (exact) mass is 235 g/mol. The molecule has 0 N–H and O–H groups in total. The van der Waals surface area contributed by atoms with E-state index in [1.165, 1.54) is 0 Å². The van der Waals surface area contributed by atoms with Crippen molar-refractivity contribution in [3.05, 3.63) is 28.8 Å². The highest BCUT2D eigenvalue weighted by atomic mass is 32.1. The van der Waals surface area contributed by atoms with E-state index in [4.69, 9.17) is 10.00 Å². The molecule has 0 aromatic heterocycles. The van der Waals surface area contributed by atoms with Crippen molar-refractivity contribution < 1.29 is 9.53 Å². The molecule has 1 aromatic carbocycles. The van der Waals surface area contributed by atoms with E-state index in [-0.39, 0.29) is 12.4 Å². The maximum atomic E-state index is 11.4. The molecule has 0 fully saturated rings. The lowest BCUT2D eigenvalue weighted by Gasteiger charge is -2.08. The number of aryl methyl sites for hydroxylation is 1. The molecule has 0 bridgehead atoms. The number of carbonyl (C=O) groups is 1. The van der Waals surface area contributed by atoms with Crippen LogP contribution >= 0.6 is 12.6 Å². The van der Waals surface area contributed by atoms with Crippen molar-refractivity contribution in [3.63, 3.8) is 0 Å². The zero-order chi connectivity index (χ0) is 12.1. The summed E-state index contributed by atoms with van der Waals surface area (Å²) in [6, 6.07) is 5.56. The van der Waals surface area contributed by atoms with Crippen molar-refractivity contribution in [1.29, 1.82) is 5.26 Å². The topological polar surface area (TPSA) is 50.1 Å². The number of nitrogens with zero attached hydrogens (tertiary/aromatic N) is 1. The number of esters is 1. The minimum absolute atomic E-state index is 0.136. The van der Waals surface area contributed by atoms with Gasteiger partial charge in [0.25, 0.3) is 0 Å². The molecular formula is C12H13NO2S. The Morgan fingerprint density at radius 1 is 1.56 bits per heavy atom. The SMILES string of the molecule is CCOC(=O)Cc1c(C)cc(S)cc1C#N. The van der Waals surface area contributed by atoms with Crippen LogP contribution in [0.1, 0.15) is 23.6 Å². The molecule has 0 atom stereocenters. The molecule has 4 heteroatoms. The smallest absolute Gasteiger partial charge is 0.310 e. The molecule has 84 valence electrons. The van der Waals surface area contributed by atoms with Gasteiger partial charge in [0.15, 0.2) is 0 Å². The average molecular weight is 235 g/mol. The predicted molar refractivity (Wildman–Crippen MR) is 63.5 cm³/mol. The summed E-state index contributed by atoms with van der Waals surface area (Å²) in [4.78, 5) is 12.1. The average Bonchev–Trinajstić information content (AvgIpc) is 2.22. The summed E-state index contributed by atoms with van der Waals surface area (Å²) in [5.41, 5.74) is 2.09. The normalized spacial score (nSPS) is 9.62. The highest BCUT2D eigenvalue weighted by Crippen LogP contribution is 2.20. The van der Waals surface area contributed by atoms with Gasteiger partial charge in [0, 0.05) is 4.90 Å². The van der Waals surface area contributed by atoms with Gasteiger partial charge in [0.2, 0.25) is 0 Å². The number of nitriles is 1. The summed E-state index contributed by atoms with van der Waals surface area (Å²) in [5.74, 6) is -0.311. The van der Waals surface area contributed by atoms with Gasteiger partial charge in [-0.15, -0.1) is 12.6 Å². The number of thiol groups is 1. The standard InChI is InChI=1S/C12H13NO2S/c1-3-15-12(14)6-11-8(2)4-10(16)5-9(11)7-13/h4-5,16H,3,6H2,1-2H3. The van der Waals surface area contributed by atoms with Crippen LogP contribution in [-0.2, 0) is 16.0 Å². The third-order valence-corrected chi connectivity index (χ3v) is 2.46. The first-order valence-corrected chi connectivity index (χ1v) is 5.41. The van der Waals surface area contributed by atoms with E-state index < -0.39 is 0 Å². The second kappa shape index (κ2) is 5.57. The van der Waals surface area contributed by atoms with Crippen molar-refractivity contribution in [3.8, 4) is 6.07 Å². The Hall–Kier alpha value is -1.47. The summed E-state index contributed by atoms with van der Waals surface area (Å²) in [7, 11) is 0. The van der Waals surface area contributed by atoms with E-state index in [9.17, 15) is 4.79 Å². The van der Waals surface area contributed by atoms with E-state index in [1.54, 1.807) is 13.0 Å². The van der Waals surface area contributed by atoms with Gasteiger partial charge < -0.3 is 4.74 Å². The minimum atomic E-state index is -0.311. The molecule has 0 aliphatic rings. The number of carbonyl (C=O) groups excluding carboxylic acids is 1. The van der Waals surface area contributed by atoms with Gasteiger partial charge in [-0.05, 0) is 37.1 Å². The largest absolute Gasteiger partial charge is 0.466 e. The Kier molecular flexibility index (Phi) is 4.39. The van der Waals surface area contributed by atoms with Crippen LogP contribution in [0.5, 0.6) is 0 Å². The minimum Gasteiger partial charge on any atom is -0.466 e. The maximum absolute atomic E-state index is 11.4. The molecule has 1 rings (SSSR count). The molecule has 3 nitrogen and oxygen atoms in total. The zero-order valence-corrected chi connectivity index (χ0v) is 10.2. The summed E-state index contributed by atoms with van der Waals surface area (Å²) in [6.45, 7) is 3.96. The molecule has 0 saturated heterocycles. The van der Waals surface area contributed by atoms with Gasteiger partial charge in [-0.2, -0.15) is 5.26 Å². The lowest BCUT2D eigenvalue weighted by Crippen LogP contribution is -2.10. The van der Waals surface area contributed by atoms with Gasteiger partial charge in [-0.1, -0.05) is 0 Å². The molecule has 1 aromatic rings. The fourth-order valence-corrected chi connectivity index (χ4v) is 1.81. The molecule has 0 radical (unpaired) electrons. The number of hydrogen-bond donors (Lipinski definition) is 1. The molecule has 0 aliphatic heterocycles. The van der Waals surface area contributed by atoms with Gasteiger partial charge in [0.05, 0.1) is 24.7 Å². The number of hydrogen-bond acceptors (Lipinski definition) is 4. The molecule has 0 amide bonds. The number of rotatable bonds is 3. The van der Waals surface area contributed by atoms with E-state index >= 15 is 0 Å². The Morgan fingerprint density at radius 3 is 2.81 bits per heavy atom. The van der Waals surface area contributed by atoms with Crippen LogP contribution in [0.15, 0.2) is 17.0 Å². The van der Waals surface area contributed by atoms with Gasteiger partial charge in [-0.3, -0.25) is 4.79 Å². The third kappa shape index (κ3) is 3.01. The van der Waals surface area contributed by atoms with Gasteiger partial charge in [-0.25, -0.2) is 0 Å². The summed E-state index contributed by atoms with van der Waals surface area (Å²) in [5, 5.41) is 8.97. The zero-order valence-electron chi connectivity index (χ0n) is 9.28. The third-order valence-electron chi connectivity index (χ3n) is 2.20. The molecule has 16 heavy (non-hydrogen) atoms. The first kappa shape index (κ1) is 12.6. The van der Waals surface area contributed by atoms with Gasteiger partial charge >= 0.3 is 5.97 Å². The highest BCUT2D eigenvalue weighted by molar-refractivity contribution is 7.80. The van der Waals surface area contributed by atoms with E-state index in [2.05, 4.69) is 18.7 Å². The molecule has 0 heterocycles. The number of ether oxygens (including phenoxy) is 1. The van der Waals surface area contributed by atoms with Crippen molar-refractivity contribution in [2.45, 2.75) is 25.2 Å². The fourth-order valence-electron chi connectivity index (χ4n) is 1.49. The van der Waals surface area contributed by atoms with E-state index in [0.29, 0.717) is 12.2 Å². The Balaban J connectivity index is 3.04. The Bertz CT molecular complexity index is 449. The Morgan fingerprint density at radius 2 is 2.25 bits per heavy atom. The van der Waals surface area contributed by atoms with Crippen LogP contribution < -0.4 is 0 Å². The molecule has 0 saturated carbocycles. The van der Waals surface area contributed by atoms with E-state index in [1.807, 2.05) is 13.0 Å². The summed E-state index contributed by atoms with van der Waals surface area (Å²) in [6.07, 6.45) is 0.136. The fraction of sp³-hybridized carbons (Fsp3) is 0.333. The highest BCUT2D eigenvalue weighted by Gasteiger charge is 2.12. The van der Waals surface area contributed by atoms with Crippen LogP contribution in [0.4, 0.5) is 0 Å². The van der Waals surface area contributed by atoms with Crippen LogP contribution in [-0.4, -0.2) is 12.6 Å². The van der Waals surface area contributed by atoms with Crippen LogP contribution in [0.3, 0.4) is 0 Å². The molecule has 0 spiro atoms.